The van der Waals surface area contributed by atoms with Gasteiger partial charge in [-0.2, -0.15) is 0 Å². The van der Waals surface area contributed by atoms with Gasteiger partial charge in [-0.15, -0.1) is 0 Å². The number of benzene rings is 1. The van der Waals surface area contributed by atoms with Gasteiger partial charge in [-0.1, -0.05) is 24.3 Å². The highest BCUT2D eigenvalue weighted by atomic mass is 16.3. The summed E-state index contributed by atoms with van der Waals surface area (Å²) in [6, 6.07) is 8.53. The van der Waals surface area contributed by atoms with Gasteiger partial charge in [0.1, 0.15) is 0 Å². The van der Waals surface area contributed by atoms with Crippen LogP contribution in [0.4, 0.5) is 0 Å². The predicted octanol–water partition coefficient (Wildman–Crippen LogP) is 0.364. The van der Waals surface area contributed by atoms with Crippen molar-refractivity contribution in [2.45, 2.75) is 24.5 Å². The average molecular weight is 219 g/mol. The van der Waals surface area contributed by atoms with Crippen molar-refractivity contribution in [1.82, 2.24) is 4.90 Å². The van der Waals surface area contributed by atoms with Crippen LogP contribution in [0.25, 0.3) is 0 Å². The smallest absolute Gasteiger partial charge is 0.0938 e. The van der Waals surface area contributed by atoms with E-state index >= 15 is 0 Å². The minimum atomic E-state index is -0.560. The molecule has 1 aliphatic carbocycles. The van der Waals surface area contributed by atoms with Crippen LogP contribution >= 0.6 is 0 Å². The van der Waals surface area contributed by atoms with Crippen LogP contribution in [-0.2, 0) is 6.42 Å². The highest BCUT2D eigenvalue weighted by molar-refractivity contribution is 5.40. The van der Waals surface area contributed by atoms with Gasteiger partial charge in [0.05, 0.1) is 12.2 Å². The second-order valence-corrected chi connectivity index (χ2v) is 4.95. The second-order valence-electron chi connectivity index (χ2n) is 4.95. The number of fused-ring (bicyclic) bond motifs is 1. The van der Waals surface area contributed by atoms with E-state index in [9.17, 15) is 10.2 Å². The molecule has 2 aliphatic rings. The summed E-state index contributed by atoms with van der Waals surface area (Å²) in [5, 5.41) is 19.0. The van der Waals surface area contributed by atoms with Crippen LogP contribution in [0.1, 0.15) is 17.0 Å². The molecule has 1 aromatic carbocycles. The summed E-state index contributed by atoms with van der Waals surface area (Å²) in [7, 11) is 0. The summed E-state index contributed by atoms with van der Waals surface area (Å²) in [5.74, 6) is 0.591. The fourth-order valence-corrected chi connectivity index (χ4v) is 2.83. The van der Waals surface area contributed by atoms with Crippen LogP contribution in [-0.4, -0.2) is 47.0 Å². The van der Waals surface area contributed by atoms with Crippen molar-refractivity contribution in [2.75, 3.05) is 19.6 Å². The number of rotatable bonds is 2. The number of likely N-dealkylation sites (tertiary alicyclic amines) is 1. The number of aliphatic hydroxyl groups excluding tert-OH is 2. The molecule has 1 saturated heterocycles. The fourth-order valence-electron chi connectivity index (χ4n) is 2.83. The van der Waals surface area contributed by atoms with Gasteiger partial charge >= 0.3 is 0 Å². The minimum Gasteiger partial charge on any atom is -0.389 e. The van der Waals surface area contributed by atoms with Crippen LogP contribution in [0.2, 0.25) is 0 Å². The van der Waals surface area contributed by atoms with Gasteiger partial charge in [0.25, 0.3) is 0 Å². The van der Waals surface area contributed by atoms with Gasteiger partial charge in [0.15, 0.2) is 0 Å². The van der Waals surface area contributed by atoms with Gasteiger partial charge in [0, 0.05) is 25.6 Å². The van der Waals surface area contributed by atoms with Crippen molar-refractivity contribution in [3.05, 3.63) is 35.4 Å². The third kappa shape index (κ3) is 1.65. The highest BCUT2D eigenvalue weighted by Gasteiger charge is 2.33. The van der Waals surface area contributed by atoms with Crippen molar-refractivity contribution < 1.29 is 10.2 Å². The highest BCUT2D eigenvalue weighted by Crippen LogP contribution is 2.35. The maximum atomic E-state index is 9.48. The summed E-state index contributed by atoms with van der Waals surface area (Å²) >= 11 is 0. The third-order valence-electron chi connectivity index (χ3n) is 3.77. The maximum absolute atomic E-state index is 9.48. The third-order valence-corrected chi connectivity index (χ3v) is 3.77. The number of nitrogens with zero attached hydrogens (tertiary/aromatic N) is 1. The van der Waals surface area contributed by atoms with Gasteiger partial charge in [0.2, 0.25) is 0 Å². The standard InChI is InChI=1S/C13H17NO2/c15-12-7-14(8-13(12)16)6-10-5-9-3-1-2-4-11(9)10/h1-4,10,12-13,15-16H,5-8H2. The molecule has 0 amide bonds. The fraction of sp³-hybridized carbons (Fsp3) is 0.538. The van der Waals surface area contributed by atoms with E-state index in [-0.39, 0.29) is 0 Å². The second kappa shape index (κ2) is 3.84. The van der Waals surface area contributed by atoms with E-state index < -0.39 is 12.2 Å². The van der Waals surface area contributed by atoms with Gasteiger partial charge < -0.3 is 10.2 Å². The molecule has 1 aromatic rings. The molecule has 16 heavy (non-hydrogen) atoms. The zero-order valence-corrected chi connectivity index (χ0v) is 9.21. The Labute approximate surface area is 95.3 Å². The molecule has 3 rings (SSSR count). The molecular formula is C13H17NO2. The van der Waals surface area contributed by atoms with Crippen LogP contribution in [0.3, 0.4) is 0 Å². The molecule has 86 valence electrons. The van der Waals surface area contributed by atoms with Gasteiger partial charge in [-0.3, -0.25) is 4.90 Å². The maximum Gasteiger partial charge on any atom is 0.0938 e. The Morgan fingerprint density at radius 2 is 1.81 bits per heavy atom. The molecule has 3 unspecified atom stereocenters. The number of aliphatic hydroxyl groups is 2. The molecule has 2 N–H and O–H groups in total. The molecule has 0 aromatic heterocycles. The number of β-amino-alcohol motifs (C(OH)–C–C–N with tert-alkyl or cyclic N) is 2. The Hall–Kier alpha value is -0.900. The lowest BCUT2D eigenvalue weighted by atomic mass is 9.77. The molecule has 0 bridgehead atoms. The Bertz CT molecular complexity index is 383. The first-order valence-electron chi connectivity index (χ1n) is 5.90. The molecule has 0 saturated carbocycles. The van der Waals surface area contributed by atoms with E-state index in [1.165, 1.54) is 11.1 Å². The Morgan fingerprint density at radius 3 is 2.50 bits per heavy atom. The van der Waals surface area contributed by atoms with E-state index in [1.807, 2.05) is 0 Å². The predicted molar refractivity (Wildman–Crippen MR) is 61.3 cm³/mol. The van der Waals surface area contributed by atoms with E-state index in [0.29, 0.717) is 19.0 Å². The summed E-state index contributed by atoms with van der Waals surface area (Å²) in [6.45, 7) is 2.19. The molecule has 3 heteroatoms. The molecule has 1 heterocycles. The zero-order valence-electron chi connectivity index (χ0n) is 9.21. The van der Waals surface area contributed by atoms with Gasteiger partial charge in [-0.05, 0) is 17.5 Å². The van der Waals surface area contributed by atoms with Crippen molar-refractivity contribution in [3.8, 4) is 0 Å². The molecule has 1 aliphatic heterocycles. The molecule has 1 fully saturated rings. The van der Waals surface area contributed by atoms with Crippen LogP contribution in [0.15, 0.2) is 24.3 Å². The Kier molecular flexibility index (Phi) is 2.46. The quantitative estimate of drug-likeness (QED) is 0.755. The lowest BCUT2D eigenvalue weighted by Gasteiger charge is -2.33. The molecule has 3 atom stereocenters. The van der Waals surface area contributed by atoms with E-state index in [1.54, 1.807) is 0 Å². The van der Waals surface area contributed by atoms with Gasteiger partial charge in [-0.25, -0.2) is 0 Å². The average Bonchev–Trinajstić information content (AvgIpc) is 2.55. The molecule has 0 spiro atoms. The van der Waals surface area contributed by atoms with Crippen LogP contribution < -0.4 is 0 Å². The summed E-state index contributed by atoms with van der Waals surface area (Å²) < 4.78 is 0. The topological polar surface area (TPSA) is 43.7 Å². The summed E-state index contributed by atoms with van der Waals surface area (Å²) in [4.78, 5) is 2.16. The zero-order chi connectivity index (χ0) is 11.1. The van der Waals surface area contributed by atoms with E-state index in [2.05, 4.69) is 29.2 Å². The van der Waals surface area contributed by atoms with E-state index in [0.717, 1.165) is 13.0 Å². The van der Waals surface area contributed by atoms with Crippen molar-refractivity contribution in [2.24, 2.45) is 0 Å². The Balaban J connectivity index is 1.63. The van der Waals surface area contributed by atoms with E-state index in [4.69, 9.17) is 0 Å². The number of hydrogen-bond donors (Lipinski definition) is 2. The monoisotopic (exact) mass is 219 g/mol. The normalized spacial score (nSPS) is 33.5. The molecule has 3 nitrogen and oxygen atoms in total. The molecular weight excluding hydrogens is 202 g/mol. The Morgan fingerprint density at radius 1 is 1.12 bits per heavy atom. The first-order chi connectivity index (χ1) is 7.74. The number of hydrogen-bond acceptors (Lipinski definition) is 3. The van der Waals surface area contributed by atoms with Crippen molar-refractivity contribution in [3.63, 3.8) is 0 Å². The first-order valence-corrected chi connectivity index (χ1v) is 5.90. The van der Waals surface area contributed by atoms with Crippen molar-refractivity contribution >= 4 is 0 Å². The molecule has 0 radical (unpaired) electrons. The SMILES string of the molecule is OC1CN(CC2Cc3ccccc32)CC1O. The lowest BCUT2D eigenvalue weighted by molar-refractivity contribution is 0.0572. The minimum absolute atomic E-state index is 0.560. The lowest BCUT2D eigenvalue weighted by Crippen LogP contribution is -2.32. The van der Waals surface area contributed by atoms with Crippen molar-refractivity contribution in [1.29, 1.82) is 0 Å². The largest absolute Gasteiger partial charge is 0.389 e. The first kappa shape index (κ1) is 10.3. The van der Waals surface area contributed by atoms with Crippen LogP contribution in [0.5, 0.6) is 0 Å². The van der Waals surface area contributed by atoms with Crippen LogP contribution in [0, 0.1) is 0 Å². The summed E-state index contributed by atoms with van der Waals surface area (Å²) in [6.07, 6.45) is 0.0180. The summed E-state index contributed by atoms with van der Waals surface area (Å²) in [5.41, 5.74) is 2.89.